The SMILES string of the molecule is Cc1ccc(S(=O)(=O)N2Cc3ccc(N4CCN(C)CC4)cc3C2)cc1. The molecule has 0 radical (unpaired) electrons. The van der Waals surface area contributed by atoms with Gasteiger partial charge in [-0.25, -0.2) is 8.42 Å². The van der Waals surface area contributed by atoms with Crippen LogP contribution in [0.4, 0.5) is 5.69 Å². The number of sulfonamides is 1. The number of nitrogens with zero attached hydrogens (tertiary/aromatic N) is 3. The highest BCUT2D eigenvalue weighted by molar-refractivity contribution is 7.89. The maximum Gasteiger partial charge on any atom is 0.243 e. The molecule has 2 aromatic carbocycles. The van der Waals surface area contributed by atoms with Crippen molar-refractivity contribution in [2.24, 2.45) is 0 Å². The second kappa shape index (κ2) is 6.68. The van der Waals surface area contributed by atoms with Crippen molar-refractivity contribution in [2.45, 2.75) is 24.9 Å². The van der Waals surface area contributed by atoms with Crippen molar-refractivity contribution in [2.75, 3.05) is 38.1 Å². The fraction of sp³-hybridized carbons (Fsp3) is 0.400. The number of likely N-dealkylation sites (N-methyl/N-ethyl adjacent to an activating group) is 1. The highest BCUT2D eigenvalue weighted by Crippen LogP contribution is 2.31. The molecule has 0 atom stereocenters. The summed E-state index contributed by atoms with van der Waals surface area (Å²) in [7, 11) is -1.31. The van der Waals surface area contributed by atoms with Gasteiger partial charge < -0.3 is 9.80 Å². The maximum absolute atomic E-state index is 12.9. The summed E-state index contributed by atoms with van der Waals surface area (Å²) >= 11 is 0. The van der Waals surface area contributed by atoms with Gasteiger partial charge in [-0.05, 0) is 49.4 Å². The van der Waals surface area contributed by atoms with Crippen LogP contribution in [0.1, 0.15) is 16.7 Å². The van der Waals surface area contributed by atoms with Crippen LogP contribution in [0.15, 0.2) is 47.4 Å². The number of aryl methyl sites for hydroxylation is 1. The van der Waals surface area contributed by atoms with E-state index in [1.807, 2.05) is 19.1 Å². The van der Waals surface area contributed by atoms with E-state index in [0.29, 0.717) is 18.0 Å². The summed E-state index contributed by atoms with van der Waals surface area (Å²) in [6.45, 7) is 7.01. The summed E-state index contributed by atoms with van der Waals surface area (Å²) in [6, 6.07) is 13.5. The molecule has 0 N–H and O–H groups in total. The molecule has 26 heavy (non-hydrogen) atoms. The van der Waals surface area contributed by atoms with Crippen LogP contribution in [0.25, 0.3) is 0 Å². The predicted molar refractivity (Wildman–Crippen MR) is 104 cm³/mol. The minimum atomic E-state index is -3.46. The van der Waals surface area contributed by atoms with Crippen molar-refractivity contribution in [3.8, 4) is 0 Å². The monoisotopic (exact) mass is 371 g/mol. The number of anilines is 1. The summed E-state index contributed by atoms with van der Waals surface area (Å²) in [6.07, 6.45) is 0. The molecule has 6 heteroatoms. The van der Waals surface area contributed by atoms with Crippen LogP contribution < -0.4 is 4.90 Å². The second-order valence-corrected chi connectivity index (χ2v) is 9.27. The van der Waals surface area contributed by atoms with Crippen LogP contribution in [-0.4, -0.2) is 50.8 Å². The van der Waals surface area contributed by atoms with Gasteiger partial charge >= 0.3 is 0 Å². The van der Waals surface area contributed by atoms with Gasteiger partial charge in [0.15, 0.2) is 0 Å². The van der Waals surface area contributed by atoms with E-state index in [-0.39, 0.29) is 0 Å². The molecule has 4 rings (SSSR count). The lowest BCUT2D eigenvalue weighted by Gasteiger charge is -2.34. The van der Waals surface area contributed by atoms with Crippen molar-refractivity contribution in [3.05, 3.63) is 59.2 Å². The van der Waals surface area contributed by atoms with Gasteiger partial charge in [0.25, 0.3) is 0 Å². The van der Waals surface area contributed by atoms with Crippen molar-refractivity contribution in [3.63, 3.8) is 0 Å². The molecule has 0 aromatic heterocycles. The summed E-state index contributed by atoms with van der Waals surface area (Å²) in [5.74, 6) is 0. The van der Waals surface area contributed by atoms with Crippen LogP contribution in [0.3, 0.4) is 0 Å². The average molecular weight is 372 g/mol. The van der Waals surface area contributed by atoms with Crippen LogP contribution in [-0.2, 0) is 23.1 Å². The highest BCUT2D eigenvalue weighted by atomic mass is 32.2. The first kappa shape index (κ1) is 17.5. The van der Waals surface area contributed by atoms with Crippen molar-refractivity contribution in [1.82, 2.24) is 9.21 Å². The number of fused-ring (bicyclic) bond motifs is 1. The second-order valence-electron chi connectivity index (χ2n) is 7.33. The number of hydrogen-bond acceptors (Lipinski definition) is 4. The van der Waals surface area contributed by atoms with Gasteiger partial charge in [-0.3, -0.25) is 0 Å². The predicted octanol–water partition coefficient (Wildman–Crippen LogP) is 2.45. The van der Waals surface area contributed by atoms with Gasteiger partial charge in [0.1, 0.15) is 0 Å². The Morgan fingerprint density at radius 2 is 1.50 bits per heavy atom. The molecule has 0 amide bonds. The molecule has 0 unspecified atom stereocenters. The Morgan fingerprint density at radius 1 is 0.846 bits per heavy atom. The van der Waals surface area contributed by atoms with E-state index < -0.39 is 10.0 Å². The lowest BCUT2D eigenvalue weighted by atomic mass is 10.1. The molecule has 0 spiro atoms. The highest BCUT2D eigenvalue weighted by Gasteiger charge is 2.31. The zero-order valence-electron chi connectivity index (χ0n) is 15.4. The zero-order valence-corrected chi connectivity index (χ0v) is 16.2. The molecule has 2 aromatic rings. The van der Waals surface area contributed by atoms with Gasteiger partial charge in [0, 0.05) is 45.0 Å². The van der Waals surface area contributed by atoms with Crippen LogP contribution in [0, 0.1) is 6.92 Å². The van der Waals surface area contributed by atoms with Gasteiger partial charge in [-0.2, -0.15) is 4.31 Å². The van der Waals surface area contributed by atoms with Crippen molar-refractivity contribution in [1.29, 1.82) is 0 Å². The molecule has 5 nitrogen and oxygen atoms in total. The van der Waals surface area contributed by atoms with E-state index >= 15 is 0 Å². The average Bonchev–Trinajstić information content (AvgIpc) is 3.07. The third-order valence-corrected chi connectivity index (χ3v) is 7.22. The minimum Gasteiger partial charge on any atom is -0.369 e. The van der Waals surface area contributed by atoms with Crippen molar-refractivity contribution >= 4 is 15.7 Å². The van der Waals surface area contributed by atoms with E-state index in [1.54, 1.807) is 16.4 Å². The fourth-order valence-corrected chi connectivity index (χ4v) is 5.04. The Morgan fingerprint density at radius 3 is 2.19 bits per heavy atom. The van der Waals surface area contributed by atoms with E-state index in [4.69, 9.17) is 0 Å². The summed E-state index contributed by atoms with van der Waals surface area (Å²) in [4.78, 5) is 5.09. The molecular formula is C20H25N3O2S. The lowest BCUT2D eigenvalue weighted by molar-refractivity contribution is 0.313. The first-order valence-electron chi connectivity index (χ1n) is 9.05. The van der Waals surface area contributed by atoms with Crippen LogP contribution in [0.5, 0.6) is 0 Å². The molecule has 2 aliphatic rings. The van der Waals surface area contributed by atoms with Crippen LogP contribution >= 0.6 is 0 Å². The quantitative estimate of drug-likeness (QED) is 0.831. The summed E-state index contributed by atoms with van der Waals surface area (Å²) in [5.41, 5.74) is 4.49. The Hall–Kier alpha value is -1.89. The van der Waals surface area contributed by atoms with Gasteiger partial charge in [-0.1, -0.05) is 23.8 Å². The molecule has 2 aliphatic heterocycles. The number of piperazine rings is 1. The Balaban J connectivity index is 1.54. The van der Waals surface area contributed by atoms with E-state index in [1.165, 1.54) is 5.69 Å². The number of hydrogen-bond donors (Lipinski definition) is 0. The fourth-order valence-electron chi connectivity index (χ4n) is 3.64. The lowest BCUT2D eigenvalue weighted by Crippen LogP contribution is -2.44. The van der Waals surface area contributed by atoms with Gasteiger partial charge in [0.2, 0.25) is 10.0 Å². The topological polar surface area (TPSA) is 43.9 Å². The van der Waals surface area contributed by atoms with Crippen LogP contribution in [0.2, 0.25) is 0 Å². The third-order valence-electron chi connectivity index (χ3n) is 5.41. The molecule has 138 valence electrons. The largest absolute Gasteiger partial charge is 0.369 e. The number of benzene rings is 2. The minimum absolute atomic E-state index is 0.371. The molecular weight excluding hydrogens is 346 g/mol. The first-order valence-corrected chi connectivity index (χ1v) is 10.5. The molecule has 1 fully saturated rings. The molecule has 2 heterocycles. The molecule has 0 saturated carbocycles. The molecule has 0 aliphatic carbocycles. The standard InChI is InChI=1S/C20H25N3O2S/c1-16-3-7-20(8-4-16)26(24,25)23-14-17-5-6-19(13-18(17)15-23)22-11-9-21(2)10-12-22/h3-8,13H,9-12,14-15H2,1-2H3. The molecule has 1 saturated heterocycles. The first-order chi connectivity index (χ1) is 12.4. The van der Waals surface area contributed by atoms with Gasteiger partial charge in [-0.15, -0.1) is 0 Å². The Kier molecular flexibility index (Phi) is 4.50. The van der Waals surface area contributed by atoms with E-state index in [2.05, 4.69) is 35.0 Å². The number of rotatable bonds is 3. The normalized spacial score (nSPS) is 18.9. The molecule has 0 bridgehead atoms. The Bertz CT molecular complexity index is 901. The third kappa shape index (κ3) is 3.24. The Labute approximate surface area is 155 Å². The maximum atomic E-state index is 12.9. The van der Waals surface area contributed by atoms with E-state index in [0.717, 1.165) is 42.9 Å². The van der Waals surface area contributed by atoms with Crippen molar-refractivity contribution < 1.29 is 8.42 Å². The summed E-state index contributed by atoms with van der Waals surface area (Å²) in [5, 5.41) is 0. The smallest absolute Gasteiger partial charge is 0.243 e. The summed E-state index contributed by atoms with van der Waals surface area (Å²) < 4.78 is 27.5. The zero-order chi connectivity index (χ0) is 18.3. The van der Waals surface area contributed by atoms with Gasteiger partial charge in [0.05, 0.1) is 4.90 Å². The van der Waals surface area contributed by atoms with E-state index in [9.17, 15) is 8.42 Å².